The van der Waals surface area contributed by atoms with E-state index < -0.39 is 18.1 Å². The van der Waals surface area contributed by atoms with E-state index >= 15 is 0 Å². The van der Waals surface area contributed by atoms with Gasteiger partial charge in [-0.2, -0.15) is 0 Å². The number of likely N-dealkylation sites (N-methyl/N-ethyl adjacent to an activating group) is 1. The molecule has 0 rings (SSSR count). The van der Waals surface area contributed by atoms with Crippen LogP contribution in [0.25, 0.3) is 0 Å². The lowest BCUT2D eigenvalue weighted by Gasteiger charge is -2.31. The molecule has 0 saturated carbocycles. The Bertz CT molecular complexity index is 953. The minimum absolute atomic E-state index is 0.0499. The fraction of sp³-hybridized carbons (Fsp3) is 0.795. The normalized spacial score (nSPS) is 13.3. The maximum absolute atomic E-state index is 12.7. The van der Waals surface area contributed by atoms with E-state index in [0.29, 0.717) is 19.3 Å². The van der Waals surface area contributed by atoms with Gasteiger partial charge in [0.2, 0.25) is 0 Å². The molecule has 0 aliphatic heterocycles. The largest absolute Gasteiger partial charge is 0.477 e. The summed E-state index contributed by atoms with van der Waals surface area (Å²) in [7, 11) is 5.51. The van der Waals surface area contributed by atoms with Gasteiger partial charge in [0, 0.05) is 19.3 Å². The maximum Gasteiger partial charge on any atom is 0.362 e. The first-order valence-corrected chi connectivity index (χ1v) is 21.0. The van der Waals surface area contributed by atoms with E-state index in [9.17, 15) is 19.5 Å². The van der Waals surface area contributed by atoms with Crippen LogP contribution in [-0.4, -0.2) is 80.6 Å². The highest BCUT2D eigenvalue weighted by Gasteiger charge is 2.31. The molecule has 302 valence electrons. The van der Waals surface area contributed by atoms with Crippen LogP contribution in [0.3, 0.4) is 0 Å². The van der Waals surface area contributed by atoms with Gasteiger partial charge in [-0.15, -0.1) is 0 Å². The standard InChI is InChI=1S/C44H79NO7/c1-6-8-10-12-14-16-18-20-21-22-23-25-26-28-30-32-34-42(46)51-39-40(38-50-37-36-41(44(48)49)45(3,4)5)52-43(47)35-33-31-29-27-24-19-17-15-13-11-9-7-2/h15,17,21-23,25,40-41H,6-14,16,18-20,24,26-39H2,1-5H3/p+1/b17-15+,22-21+,25-23+. The molecule has 0 bridgehead atoms. The summed E-state index contributed by atoms with van der Waals surface area (Å²) in [6.07, 6.45) is 39.0. The maximum atomic E-state index is 12.7. The average molecular weight is 735 g/mol. The van der Waals surface area contributed by atoms with Crippen molar-refractivity contribution < 1.29 is 38.2 Å². The Morgan fingerprint density at radius 1 is 0.577 bits per heavy atom. The van der Waals surface area contributed by atoms with Crippen molar-refractivity contribution in [1.82, 2.24) is 0 Å². The van der Waals surface area contributed by atoms with E-state index in [-0.39, 0.29) is 36.2 Å². The fourth-order valence-electron chi connectivity index (χ4n) is 5.96. The van der Waals surface area contributed by atoms with Crippen LogP contribution in [0.1, 0.15) is 174 Å². The van der Waals surface area contributed by atoms with Gasteiger partial charge in [-0.1, -0.05) is 127 Å². The molecule has 0 saturated heterocycles. The minimum Gasteiger partial charge on any atom is -0.477 e. The second-order valence-corrected chi connectivity index (χ2v) is 15.3. The fourth-order valence-corrected chi connectivity index (χ4v) is 5.96. The first-order chi connectivity index (χ1) is 25.1. The van der Waals surface area contributed by atoms with Crippen molar-refractivity contribution in [3.05, 3.63) is 36.5 Å². The molecule has 0 fully saturated rings. The molecular weight excluding hydrogens is 654 g/mol. The summed E-state index contributed by atoms with van der Waals surface area (Å²) in [5, 5.41) is 9.60. The highest BCUT2D eigenvalue weighted by Crippen LogP contribution is 2.13. The number of carbonyl (C=O) groups is 3. The van der Waals surface area contributed by atoms with Gasteiger partial charge in [-0.25, -0.2) is 4.79 Å². The first kappa shape index (κ1) is 49.6. The number of nitrogens with zero attached hydrogens (tertiary/aromatic N) is 1. The number of unbranched alkanes of at least 4 members (excludes halogenated alkanes) is 18. The number of hydrogen-bond acceptors (Lipinski definition) is 6. The smallest absolute Gasteiger partial charge is 0.362 e. The molecule has 0 aliphatic carbocycles. The van der Waals surface area contributed by atoms with E-state index in [2.05, 4.69) is 50.3 Å². The first-order valence-electron chi connectivity index (χ1n) is 21.0. The number of aliphatic carboxylic acids is 1. The number of rotatable bonds is 37. The third-order valence-electron chi connectivity index (χ3n) is 9.29. The van der Waals surface area contributed by atoms with Crippen molar-refractivity contribution in [2.24, 2.45) is 0 Å². The van der Waals surface area contributed by atoms with Crippen LogP contribution in [-0.2, 0) is 28.6 Å². The number of carboxylic acid groups (broad SMARTS) is 1. The molecule has 0 spiro atoms. The molecule has 52 heavy (non-hydrogen) atoms. The second-order valence-electron chi connectivity index (χ2n) is 15.3. The van der Waals surface area contributed by atoms with Crippen LogP contribution in [0.15, 0.2) is 36.5 Å². The van der Waals surface area contributed by atoms with E-state index in [1.807, 2.05) is 21.1 Å². The third-order valence-corrected chi connectivity index (χ3v) is 9.29. The zero-order valence-electron chi connectivity index (χ0n) is 34.3. The van der Waals surface area contributed by atoms with Gasteiger partial charge in [0.15, 0.2) is 12.1 Å². The molecular formula is C44H80NO7+. The predicted molar refractivity (Wildman–Crippen MR) is 215 cm³/mol. The monoisotopic (exact) mass is 735 g/mol. The number of ether oxygens (including phenoxy) is 3. The van der Waals surface area contributed by atoms with Crippen molar-refractivity contribution in [2.75, 3.05) is 41.0 Å². The Balaban J connectivity index is 4.42. The highest BCUT2D eigenvalue weighted by atomic mass is 16.6. The summed E-state index contributed by atoms with van der Waals surface area (Å²) >= 11 is 0. The lowest BCUT2D eigenvalue weighted by atomic mass is 10.1. The summed E-state index contributed by atoms with van der Waals surface area (Å²) < 4.78 is 17.2. The highest BCUT2D eigenvalue weighted by molar-refractivity contribution is 5.72. The molecule has 2 unspecified atom stereocenters. The molecule has 0 amide bonds. The Morgan fingerprint density at radius 3 is 1.56 bits per heavy atom. The Kier molecular flexibility index (Phi) is 33.9. The summed E-state index contributed by atoms with van der Waals surface area (Å²) in [6.45, 7) is 4.66. The van der Waals surface area contributed by atoms with Crippen molar-refractivity contribution >= 4 is 17.9 Å². The number of esters is 2. The van der Waals surface area contributed by atoms with Crippen LogP contribution >= 0.6 is 0 Å². The van der Waals surface area contributed by atoms with E-state index in [1.165, 1.54) is 77.0 Å². The zero-order chi connectivity index (χ0) is 38.5. The molecule has 8 nitrogen and oxygen atoms in total. The van der Waals surface area contributed by atoms with E-state index in [0.717, 1.165) is 64.2 Å². The van der Waals surface area contributed by atoms with Gasteiger partial charge in [0.1, 0.15) is 6.61 Å². The van der Waals surface area contributed by atoms with Gasteiger partial charge in [0.25, 0.3) is 0 Å². The van der Waals surface area contributed by atoms with Crippen LogP contribution in [0.2, 0.25) is 0 Å². The van der Waals surface area contributed by atoms with Gasteiger partial charge in [-0.3, -0.25) is 9.59 Å². The summed E-state index contributed by atoms with van der Waals surface area (Å²) in [6, 6.07) is -0.618. The number of hydrogen-bond donors (Lipinski definition) is 1. The minimum atomic E-state index is -0.881. The zero-order valence-corrected chi connectivity index (χ0v) is 34.3. The lowest BCUT2D eigenvalue weighted by Crippen LogP contribution is -2.50. The van der Waals surface area contributed by atoms with Gasteiger partial charge < -0.3 is 23.8 Å². The third kappa shape index (κ3) is 33.4. The lowest BCUT2D eigenvalue weighted by molar-refractivity contribution is -0.887. The summed E-state index contributed by atoms with van der Waals surface area (Å²) in [5.74, 6) is -1.51. The van der Waals surface area contributed by atoms with Crippen molar-refractivity contribution in [1.29, 1.82) is 0 Å². The molecule has 8 heteroatoms. The van der Waals surface area contributed by atoms with Gasteiger partial charge in [-0.05, 0) is 64.2 Å². The predicted octanol–water partition coefficient (Wildman–Crippen LogP) is 11.1. The second kappa shape index (κ2) is 35.6. The average Bonchev–Trinajstić information content (AvgIpc) is 3.09. The molecule has 0 aromatic heterocycles. The van der Waals surface area contributed by atoms with Crippen molar-refractivity contribution in [2.45, 2.75) is 187 Å². The molecule has 0 aliphatic rings. The van der Waals surface area contributed by atoms with Gasteiger partial charge >= 0.3 is 17.9 Å². The number of carboxylic acids is 1. The molecule has 0 aromatic carbocycles. The van der Waals surface area contributed by atoms with Crippen LogP contribution < -0.4 is 0 Å². The molecule has 0 heterocycles. The van der Waals surface area contributed by atoms with Crippen LogP contribution in [0, 0.1) is 0 Å². The Hall–Kier alpha value is -2.45. The molecule has 2 atom stereocenters. The number of carbonyl (C=O) groups excluding carboxylic acids is 2. The number of quaternary nitrogens is 1. The van der Waals surface area contributed by atoms with E-state index in [1.54, 1.807) is 0 Å². The summed E-state index contributed by atoms with van der Waals surface area (Å²) in [4.78, 5) is 36.9. The van der Waals surface area contributed by atoms with Gasteiger partial charge in [0.05, 0.1) is 34.4 Å². The van der Waals surface area contributed by atoms with E-state index in [4.69, 9.17) is 14.2 Å². The number of allylic oxidation sites excluding steroid dienone is 6. The molecule has 0 radical (unpaired) electrons. The van der Waals surface area contributed by atoms with Crippen molar-refractivity contribution in [3.8, 4) is 0 Å². The van der Waals surface area contributed by atoms with Crippen LogP contribution in [0.4, 0.5) is 0 Å². The Morgan fingerprint density at radius 2 is 1.02 bits per heavy atom. The Labute approximate surface area is 319 Å². The molecule has 0 aromatic rings. The molecule has 1 N–H and O–H groups in total. The topological polar surface area (TPSA) is 99.1 Å². The van der Waals surface area contributed by atoms with Crippen LogP contribution in [0.5, 0.6) is 0 Å². The SMILES string of the molecule is CCCCC/C=C/CCCCCCCC(=O)OC(COCCC(C(=O)O)[N+](C)(C)C)COC(=O)CCCCC/C=C/C=C/CCCCCCCCC. The van der Waals surface area contributed by atoms with Crippen molar-refractivity contribution in [3.63, 3.8) is 0 Å². The quantitative estimate of drug-likeness (QED) is 0.0223. The summed E-state index contributed by atoms with van der Waals surface area (Å²) in [5.41, 5.74) is 0.